The van der Waals surface area contributed by atoms with E-state index in [9.17, 15) is 26.4 Å². The van der Waals surface area contributed by atoms with E-state index in [-0.39, 0.29) is 24.8 Å². The first kappa shape index (κ1) is 21.1. The molecule has 1 atom stereocenters. The van der Waals surface area contributed by atoms with Gasteiger partial charge in [0.2, 0.25) is 15.9 Å². The summed E-state index contributed by atoms with van der Waals surface area (Å²) in [5, 5.41) is 0. The van der Waals surface area contributed by atoms with Gasteiger partial charge >= 0.3 is 6.18 Å². The number of hydrogen-bond donors (Lipinski definition) is 1. The largest absolute Gasteiger partial charge is 0.497 e. The normalized spacial score (nSPS) is 17.6. The van der Waals surface area contributed by atoms with Crippen LogP contribution < -0.4 is 14.4 Å². The minimum absolute atomic E-state index is 0.0586. The van der Waals surface area contributed by atoms with Crippen LogP contribution >= 0.6 is 0 Å². The summed E-state index contributed by atoms with van der Waals surface area (Å²) in [4.78, 5) is 13.4. The number of nitrogens with one attached hydrogen (secondary N) is 1. The molecule has 2 aromatic rings. The monoisotopic (exact) mass is 428 g/mol. The van der Waals surface area contributed by atoms with E-state index in [1.54, 1.807) is 29.2 Å². The maximum atomic E-state index is 12.8. The second-order valence-corrected chi connectivity index (χ2v) is 8.42. The summed E-state index contributed by atoms with van der Waals surface area (Å²) >= 11 is 0. The van der Waals surface area contributed by atoms with E-state index in [0.29, 0.717) is 24.0 Å². The standard InChI is InChI=1S/C19H19F3N2O4S/c1-28-16-7-5-15(6-8-16)24-12-13(9-18(24)25)11-23-29(26,27)17-4-2-3-14(10-17)19(20,21)22/h2-8,10,13,23H,9,11-12H2,1H3/t13-/m1/s1. The zero-order valence-electron chi connectivity index (χ0n) is 15.4. The first-order valence-corrected chi connectivity index (χ1v) is 10.2. The first-order valence-electron chi connectivity index (χ1n) is 8.71. The number of anilines is 1. The third-order valence-electron chi connectivity index (χ3n) is 4.62. The summed E-state index contributed by atoms with van der Waals surface area (Å²) in [6.45, 7) is 0.243. The summed E-state index contributed by atoms with van der Waals surface area (Å²) in [5.41, 5.74) is -0.374. The van der Waals surface area contributed by atoms with Gasteiger partial charge in [-0.25, -0.2) is 13.1 Å². The van der Waals surface area contributed by atoms with Gasteiger partial charge in [0, 0.05) is 25.2 Å². The number of carbonyl (C=O) groups is 1. The van der Waals surface area contributed by atoms with E-state index in [2.05, 4.69) is 4.72 Å². The number of hydrogen-bond acceptors (Lipinski definition) is 4. The van der Waals surface area contributed by atoms with Crippen LogP contribution in [0.5, 0.6) is 5.75 Å². The fraction of sp³-hybridized carbons (Fsp3) is 0.316. The lowest BCUT2D eigenvalue weighted by Crippen LogP contribution is -2.31. The Hall–Kier alpha value is -2.59. The van der Waals surface area contributed by atoms with Crippen molar-refractivity contribution in [1.82, 2.24) is 4.72 Å². The molecule has 0 bridgehead atoms. The molecular weight excluding hydrogens is 409 g/mol. The van der Waals surface area contributed by atoms with Crippen molar-refractivity contribution in [2.45, 2.75) is 17.5 Å². The number of amides is 1. The number of benzene rings is 2. The topological polar surface area (TPSA) is 75.7 Å². The Morgan fingerprint density at radius 2 is 1.86 bits per heavy atom. The van der Waals surface area contributed by atoms with Gasteiger partial charge in [-0.3, -0.25) is 4.79 Å². The summed E-state index contributed by atoms with van der Waals surface area (Å²) in [5.74, 6) is 0.189. The van der Waals surface area contributed by atoms with Gasteiger partial charge in [-0.2, -0.15) is 13.2 Å². The fourth-order valence-electron chi connectivity index (χ4n) is 3.08. The van der Waals surface area contributed by atoms with E-state index in [1.165, 1.54) is 7.11 Å². The van der Waals surface area contributed by atoms with Gasteiger partial charge in [0.1, 0.15) is 5.75 Å². The molecule has 1 aliphatic rings. The molecule has 1 amide bonds. The Labute approximate surface area is 166 Å². The molecule has 1 fully saturated rings. The zero-order valence-corrected chi connectivity index (χ0v) is 16.3. The van der Waals surface area contributed by atoms with Crippen LogP contribution in [0.4, 0.5) is 18.9 Å². The van der Waals surface area contributed by atoms with Crippen molar-refractivity contribution in [1.29, 1.82) is 0 Å². The van der Waals surface area contributed by atoms with Gasteiger partial charge in [0.05, 0.1) is 17.6 Å². The Morgan fingerprint density at radius 3 is 2.48 bits per heavy atom. The van der Waals surface area contributed by atoms with Crippen molar-refractivity contribution < 1.29 is 31.1 Å². The average molecular weight is 428 g/mol. The lowest BCUT2D eigenvalue weighted by molar-refractivity contribution is -0.137. The van der Waals surface area contributed by atoms with Crippen LogP contribution in [0, 0.1) is 5.92 Å². The second kappa shape index (κ2) is 8.03. The molecule has 2 aromatic carbocycles. The Balaban J connectivity index is 1.66. The van der Waals surface area contributed by atoms with Gasteiger partial charge in [-0.15, -0.1) is 0 Å². The predicted octanol–water partition coefficient (Wildman–Crippen LogP) is 3.05. The van der Waals surface area contributed by atoms with Gasteiger partial charge in [-0.05, 0) is 48.4 Å². The van der Waals surface area contributed by atoms with Crippen LogP contribution in [-0.2, 0) is 21.0 Å². The summed E-state index contributed by atoms with van der Waals surface area (Å²) in [7, 11) is -2.61. The number of ether oxygens (including phenoxy) is 1. The fourth-order valence-corrected chi connectivity index (χ4v) is 4.24. The molecule has 0 saturated carbocycles. The molecular formula is C19H19F3N2O4S. The highest BCUT2D eigenvalue weighted by atomic mass is 32.2. The van der Waals surface area contributed by atoms with Crippen molar-refractivity contribution in [2.24, 2.45) is 5.92 Å². The highest BCUT2D eigenvalue weighted by molar-refractivity contribution is 7.89. The maximum Gasteiger partial charge on any atom is 0.416 e. The highest BCUT2D eigenvalue weighted by Crippen LogP contribution is 2.31. The third kappa shape index (κ3) is 4.88. The quantitative estimate of drug-likeness (QED) is 0.768. The van der Waals surface area contributed by atoms with Crippen LogP contribution in [0.2, 0.25) is 0 Å². The molecule has 1 aliphatic heterocycles. The third-order valence-corrected chi connectivity index (χ3v) is 6.04. The molecule has 3 rings (SSSR count). The van der Waals surface area contributed by atoms with Crippen LogP contribution in [0.15, 0.2) is 53.4 Å². The van der Waals surface area contributed by atoms with Crippen LogP contribution in [0.25, 0.3) is 0 Å². The second-order valence-electron chi connectivity index (χ2n) is 6.65. The van der Waals surface area contributed by atoms with Gasteiger partial charge in [0.25, 0.3) is 0 Å². The molecule has 0 aromatic heterocycles. The molecule has 0 aliphatic carbocycles. The number of sulfonamides is 1. The average Bonchev–Trinajstić information content (AvgIpc) is 3.07. The summed E-state index contributed by atoms with van der Waals surface area (Å²) < 4.78 is 70.6. The van der Waals surface area contributed by atoms with Crippen molar-refractivity contribution >= 4 is 21.6 Å². The maximum absolute atomic E-state index is 12.8. The van der Waals surface area contributed by atoms with Crippen molar-refractivity contribution in [3.8, 4) is 5.75 Å². The molecule has 0 spiro atoms. The Bertz CT molecular complexity index is 991. The Morgan fingerprint density at radius 1 is 1.17 bits per heavy atom. The summed E-state index contributed by atoms with van der Waals surface area (Å²) in [6.07, 6.45) is -4.50. The molecule has 156 valence electrons. The van der Waals surface area contributed by atoms with Crippen LogP contribution in [0.1, 0.15) is 12.0 Å². The molecule has 0 unspecified atom stereocenters. The number of alkyl halides is 3. The van der Waals surface area contributed by atoms with Gasteiger partial charge in [-0.1, -0.05) is 6.07 Å². The SMILES string of the molecule is COc1ccc(N2C[C@@H](CNS(=O)(=O)c3cccc(C(F)(F)F)c3)CC2=O)cc1. The number of methoxy groups -OCH3 is 1. The lowest BCUT2D eigenvalue weighted by Gasteiger charge is -2.17. The van der Waals surface area contributed by atoms with E-state index in [0.717, 1.165) is 18.2 Å². The van der Waals surface area contributed by atoms with E-state index in [4.69, 9.17) is 4.74 Å². The number of rotatable bonds is 6. The number of halogens is 3. The number of carbonyl (C=O) groups excluding carboxylic acids is 1. The molecule has 0 radical (unpaired) electrons. The van der Waals surface area contributed by atoms with Crippen molar-refractivity contribution in [3.63, 3.8) is 0 Å². The number of nitrogens with zero attached hydrogens (tertiary/aromatic N) is 1. The molecule has 1 heterocycles. The first-order chi connectivity index (χ1) is 13.6. The molecule has 1 N–H and O–H groups in total. The highest BCUT2D eigenvalue weighted by Gasteiger charge is 2.33. The van der Waals surface area contributed by atoms with Gasteiger partial charge in [0.15, 0.2) is 0 Å². The predicted molar refractivity (Wildman–Crippen MR) is 100 cm³/mol. The van der Waals surface area contributed by atoms with Crippen molar-refractivity contribution in [3.05, 3.63) is 54.1 Å². The van der Waals surface area contributed by atoms with Crippen LogP contribution in [0.3, 0.4) is 0 Å². The summed E-state index contributed by atoms with van der Waals surface area (Å²) in [6, 6.07) is 10.4. The Kier molecular flexibility index (Phi) is 5.85. The van der Waals surface area contributed by atoms with E-state index < -0.39 is 26.7 Å². The van der Waals surface area contributed by atoms with Crippen LogP contribution in [-0.4, -0.2) is 34.5 Å². The molecule has 29 heavy (non-hydrogen) atoms. The minimum Gasteiger partial charge on any atom is -0.497 e. The molecule has 10 heteroatoms. The van der Waals surface area contributed by atoms with E-state index in [1.807, 2.05) is 0 Å². The minimum atomic E-state index is -4.64. The lowest BCUT2D eigenvalue weighted by atomic mass is 10.1. The smallest absolute Gasteiger partial charge is 0.416 e. The van der Waals surface area contributed by atoms with Crippen molar-refractivity contribution in [2.75, 3.05) is 25.1 Å². The molecule has 6 nitrogen and oxygen atoms in total. The zero-order chi connectivity index (χ0) is 21.2. The molecule has 1 saturated heterocycles. The van der Waals surface area contributed by atoms with Gasteiger partial charge < -0.3 is 9.64 Å². The van der Waals surface area contributed by atoms with E-state index >= 15 is 0 Å².